The minimum Gasteiger partial charge on any atom is -0.299 e. The zero-order chi connectivity index (χ0) is 8.36. The molecule has 0 aliphatic rings. The summed E-state index contributed by atoms with van der Waals surface area (Å²) in [5, 5.41) is 0. The second kappa shape index (κ2) is 3.33. The minimum absolute atomic E-state index is 0.0837. The van der Waals surface area contributed by atoms with Gasteiger partial charge in [-0.25, -0.2) is 4.39 Å². The lowest BCUT2D eigenvalue weighted by Gasteiger charge is -2.32. The highest BCUT2D eigenvalue weighted by molar-refractivity contribution is 4.73. The predicted octanol–water partition coefficient (Wildman–Crippen LogP) is 2.07. The van der Waals surface area contributed by atoms with Crippen LogP contribution in [0.4, 0.5) is 4.39 Å². The zero-order valence-electron chi connectivity index (χ0n) is 7.61. The maximum atomic E-state index is 12.4. The van der Waals surface area contributed by atoms with Crippen molar-refractivity contribution in [1.82, 2.24) is 4.90 Å². The van der Waals surface area contributed by atoms with Crippen LogP contribution in [0.1, 0.15) is 27.7 Å². The van der Waals surface area contributed by atoms with Crippen molar-refractivity contribution in [3.63, 3.8) is 0 Å². The van der Waals surface area contributed by atoms with Gasteiger partial charge in [-0.05, 0) is 34.7 Å². The Hall–Kier alpha value is -0.110. The van der Waals surface area contributed by atoms with Crippen molar-refractivity contribution in [3.8, 4) is 0 Å². The quantitative estimate of drug-likeness (QED) is 0.578. The van der Waals surface area contributed by atoms with E-state index in [0.29, 0.717) is 6.54 Å². The molecule has 0 aliphatic carbocycles. The molecule has 2 heteroatoms. The third-order valence-corrected chi connectivity index (χ3v) is 1.67. The van der Waals surface area contributed by atoms with E-state index in [1.165, 1.54) is 0 Å². The number of halogens is 1. The molecule has 10 heavy (non-hydrogen) atoms. The predicted molar refractivity (Wildman–Crippen MR) is 43.0 cm³/mol. The van der Waals surface area contributed by atoms with Gasteiger partial charge in [0.2, 0.25) is 0 Å². The molecular formula is C8H18FN. The van der Waals surface area contributed by atoms with Gasteiger partial charge < -0.3 is 0 Å². The van der Waals surface area contributed by atoms with E-state index >= 15 is 0 Å². The summed E-state index contributed by atoms with van der Waals surface area (Å²) in [6.07, 6.45) is -0.732. The Kier molecular flexibility index (Phi) is 3.29. The van der Waals surface area contributed by atoms with E-state index in [9.17, 15) is 4.39 Å². The van der Waals surface area contributed by atoms with Gasteiger partial charge in [-0.2, -0.15) is 0 Å². The third kappa shape index (κ3) is 3.83. The largest absolute Gasteiger partial charge is 0.299 e. The van der Waals surface area contributed by atoms with Crippen molar-refractivity contribution in [1.29, 1.82) is 0 Å². The molecule has 0 aromatic heterocycles. The fourth-order valence-electron chi connectivity index (χ4n) is 0.651. The van der Waals surface area contributed by atoms with Crippen LogP contribution in [0.25, 0.3) is 0 Å². The van der Waals surface area contributed by atoms with Gasteiger partial charge in [-0.15, -0.1) is 0 Å². The first kappa shape index (κ1) is 9.89. The second-order valence-corrected chi connectivity index (χ2v) is 3.83. The lowest BCUT2D eigenvalue weighted by Crippen LogP contribution is -2.41. The van der Waals surface area contributed by atoms with Crippen molar-refractivity contribution in [2.24, 2.45) is 0 Å². The van der Waals surface area contributed by atoms with Gasteiger partial charge in [0.15, 0.2) is 0 Å². The van der Waals surface area contributed by atoms with Crippen LogP contribution in [0.3, 0.4) is 0 Å². The van der Waals surface area contributed by atoms with Gasteiger partial charge in [-0.3, -0.25) is 4.90 Å². The average Bonchev–Trinajstić information content (AvgIpc) is 1.60. The molecule has 0 amide bonds. The summed E-state index contributed by atoms with van der Waals surface area (Å²) in [7, 11) is 1.94. The molecule has 0 spiro atoms. The second-order valence-electron chi connectivity index (χ2n) is 3.83. The molecule has 0 aliphatic heterocycles. The highest BCUT2D eigenvalue weighted by Crippen LogP contribution is 2.10. The Balaban J connectivity index is 3.73. The smallest absolute Gasteiger partial charge is 0.110 e. The van der Waals surface area contributed by atoms with Crippen molar-refractivity contribution >= 4 is 0 Å². The first-order valence-electron chi connectivity index (χ1n) is 3.69. The number of nitrogens with zero attached hydrogens (tertiary/aromatic N) is 1. The van der Waals surface area contributed by atoms with Crippen LogP contribution in [0.5, 0.6) is 0 Å². The monoisotopic (exact) mass is 147 g/mol. The van der Waals surface area contributed by atoms with E-state index in [-0.39, 0.29) is 5.54 Å². The highest BCUT2D eigenvalue weighted by Gasteiger charge is 2.18. The molecule has 0 heterocycles. The standard InChI is InChI=1S/C8H18FN/c1-7(9)6-10(5)8(2,3)4/h7H,6H2,1-5H3. The Morgan fingerprint density at radius 3 is 1.90 bits per heavy atom. The number of alkyl halides is 1. The van der Waals surface area contributed by atoms with Crippen LogP contribution in [0.15, 0.2) is 0 Å². The van der Waals surface area contributed by atoms with Gasteiger partial charge in [0.25, 0.3) is 0 Å². The van der Waals surface area contributed by atoms with E-state index in [1.54, 1.807) is 6.92 Å². The molecule has 0 bridgehead atoms. The SMILES string of the molecule is CC(F)CN(C)C(C)(C)C. The third-order valence-electron chi connectivity index (χ3n) is 1.67. The van der Waals surface area contributed by atoms with E-state index in [4.69, 9.17) is 0 Å². The van der Waals surface area contributed by atoms with Gasteiger partial charge in [0, 0.05) is 12.1 Å². The molecule has 0 rings (SSSR count). The molecule has 0 radical (unpaired) electrons. The van der Waals surface area contributed by atoms with Crippen molar-refractivity contribution in [2.75, 3.05) is 13.6 Å². The minimum atomic E-state index is -0.732. The van der Waals surface area contributed by atoms with Crippen LogP contribution in [-0.4, -0.2) is 30.2 Å². The van der Waals surface area contributed by atoms with Gasteiger partial charge in [-0.1, -0.05) is 0 Å². The Morgan fingerprint density at radius 1 is 1.40 bits per heavy atom. The van der Waals surface area contributed by atoms with Crippen molar-refractivity contribution in [2.45, 2.75) is 39.4 Å². The molecule has 0 fully saturated rings. The van der Waals surface area contributed by atoms with Gasteiger partial charge in [0.1, 0.15) is 6.17 Å². The Bertz CT molecular complexity index is 93.9. The molecule has 62 valence electrons. The summed E-state index contributed by atoms with van der Waals surface area (Å²) in [6, 6.07) is 0. The maximum Gasteiger partial charge on any atom is 0.110 e. The van der Waals surface area contributed by atoms with Crippen molar-refractivity contribution in [3.05, 3.63) is 0 Å². The van der Waals surface area contributed by atoms with E-state index in [0.717, 1.165) is 0 Å². The van der Waals surface area contributed by atoms with E-state index in [1.807, 2.05) is 11.9 Å². The van der Waals surface area contributed by atoms with E-state index in [2.05, 4.69) is 20.8 Å². The van der Waals surface area contributed by atoms with Crippen LogP contribution in [0.2, 0.25) is 0 Å². The fraction of sp³-hybridized carbons (Fsp3) is 1.00. The van der Waals surface area contributed by atoms with Crippen molar-refractivity contribution < 1.29 is 4.39 Å². The summed E-state index contributed by atoms with van der Waals surface area (Å²) in [5.41, 5.74) is 0.0837. The topological polar surface area (TPSA) is 3.24 Å². The van der Waals surface area contributed by atoms with Crippen LogP contribution >= 0.6 is 0 Å². The average molecular weight is 147 g/mol. The Morgan fingerprint density at radius 2 is 1.80 bits per heavy atom. The van der Waals surface area contributed by atoms with Gasteiger partial charge >= 0.3 is 0 Å². The fourth-order valence-corrected chi connectivity index (χ4v) is 0.651. The molecule has 1 nitrogen and oxygen atoms in total. The highest BCUT2D eigenvalue weighted by atomic mass is 19.1. The molecule has 0 aromatic carbocycles. The Labute approximate surface area is 63.2 Å². The normalized spacial score (nSPS) is 15.9. The summed E-state index contributed by atoms with van der Waals surface area (Å²) in [5.74, 6) is 0. The summed E-state index contributed by atoms with van der Waals surface area (Å²) in [4.78, 5) is 2.01. The molecule has 1 atom stereocenters. The molecule has 0 aromatic rings. The summed E-state index contributed by atoms with van der Waals surface area (Å²) in [6.45, 7) is 8.34. The summed E-state index contributed by atoms with van der Waals surface area (Å²) >= 11 is 0. The first-order valence-corrected chi connectivity index (χ1v) is 3.69. The molecule has 1 unspecified atom stereocenters. The maximum absolute atomic E-state index is 12.4. The van der Waals surface area contributed by atoms with Crippen LogP contribution in [-0.2, 0) is 0 Å². The number of rotatable bonds is 2. The summed E-state index contributed by atoms with van der Waals surface area (Å²) < 4.78 is 12.4. The zero-order valence-corrected chi connectivity index (χ0v) is 7.61. The van der Waals surface area contributed by atoms with E-state index < -0.39 is 6.17 Å². The molecule has 0 N–H and O–H groups in total. The molecule has 0 saturated heterocycles. The molecule has 0 saturated carbocycles. The first-order chi connectivity index (χ1) is 4.34. The lowest BCUT2D eigenvalue weighted by molar-refractivity contribution is 0.135. The van der Waals surface area contributed by atoms with Crippen LogP contribution < -0.4 is 0 Å². The number of hydrogen-bond acceptors (Lipinski definition) is 1. The number of hydrogen-bond donors (Lipinski definition) is 0. The lowest BCUT2D eigenvalue weighted by atomic mass is 10.1. The molecular weight excluding hydrogens is 129 g/mol. The van der Waals surface area contributed by atoms with Crippen LogP contribution in [0, 0.1) is 0 Å². The van der Waals surface area contributed by atoms with Gasteiger partial charge in [0.05, 0.1) is 0 Å².